The van der Waals surface area contributed by atoms with Crippen molar-refractivity contribution < 1.29 is 18.8 Å². The molecule has 3 heterocycles. The van der Waals surface area contributed by atoms with Crippen molar-refractivity contribution >= 4 is 18.6 Å². The molecule has 0 amide bonds. The number of hydrogen-bond donors (Lipinski definition) is 0. The van der Waals surface area contributed by atoms with Gasteiger partial charge in [0.2, 0.25) is 0 Å². The third kappa shape index (κ3) is 3.46. The van der Waals surface area contributed by atoms with Gasteiger partial charge in [-0.05, 0) is 33.8 Å². The van der Waals surface area contributed by atoms with Gasteiger partial charge in [-0.3, -0.25) is 0 Å². The van der Waals surface area contributed by atoms with E-state index in [1.54, 1.807) is 10.9 Å². The molecule has 0 aliphatic carbocycles. The molecule has 0 radical (unpaired) electrons. The van der Waals surface area contributed by atoms with Gasteiger partial charge in [0.25, 0.3) is 0 Å². The highest BCUT2D eigenvalue weighted by Gasteiger charge is 2.51. The maximum atomic E-state index is 12.1. The predicted molar refractivity (Wildman–Crippen MR) is 107 cm³/mol. The van der Waals surface area contributed by atoms with Crippen LogP contribution in [0, 0.1) is 0 Å². The molecule has 2 aromatic heterocycles. The third-order valence-electron chi connectivity index (χ3n) is 5.40. The molecule has 1 saturated heterocycles. The molecule has 0 N–H and O–H groups in total. The van der Waals surface area contributed by atoms with E-state index < -0.39 is 24.3 Å². The van der Waals surface area contributed by atoms with E-state index in [9.17, 15) is 4.79 Å². The molecule has 0 spiro atoms. The van der Waals surface area contributed by atoms with Crippen LogP contribution in [0.25, 0.3) is 5.82 Å². The second-order valence-electron chi connectivity index (χ2n) is 9.10. The minimum atomic E-state index is -0.475. The average molecular weight is 385 g/mol. The standard InChI is InChI=1S/C20H28BN3O4/c1-18(2,3)16-14(17(25)26-8)12-23-24(16)15-10-9-13(11-22-15)21-27-19(4,5)20(6,7)28-21/h9-12H,1-8H3. The summed E-state index contributed by atoms with van der Waals surface area (Å²) >= 11 is 0. The monoisotopic (exact) mass is 385 g/mol. The Morgan fingerprint density at radius 3 is 2.18 bits per heavy atom. The third-order valence-corrected chi connectivity index (χ3v) is 5.40. The zero-order valence-electron chi connectivity index (χ0n) is 17.9. The lowest BCUT2D eigenvalue weighted by molar-refractivity contribution is 0.00578. The SMILES string of the molecule is COC(=O)c1cnn(-c2ccc(B3OC(C)(C)C(C)(C)O3)cn2)c1C(C)(C)C. The minimum absolute atomic E-state index is 0.327. The Kier molecular flexibility index (Phi) is 4.92. The topological polar surface area (TPSA) is 75.5 Å². The van der Waals surface area contributed by atoms with Gasteiger partial charge < -0.3 is 14.0 Å². The van der Waals surface area contributed by atoms with E-state index in [0.29, 0.717) is 11.4 Å². The molecular weight excluding hydrogens is 357 g/mol. The minimum Gasteiger partial charge on any atom is -0.465 e. The van der Waals surface area contributed by atoms with Crippen LogP contribution in [0.3, 0.4) is 0 Å². The van der Waals surface area contributed by atoms with E-state index in [2.05, 4.69) is 10.1 Å². The fourth-order valence-electron chi connectivity index (χ4n) is 3.14. The molecule has 1 aliphatic heterocycles. The zero-order chi connectivity index (χ0) is 20.9. The van der Waals surface area contributed by atoms with Crippen molar-refractivity contribution in [3.05, 3.63) is 35.8 Å². The summed E-state index contributed by atoms with van der Waals surface area (Å²) in [6, 6.07) is 3.76. The van der Waals surface area contributed by atoms with Crippen LogP contribution in [0.2, 0.25) is 0 Å². The number of nitrogens with zero attached hydrogens (tertiary/aromatic N) is 3. The van der Waals surface area contributed by atoms with Gasteiger partial charge in [-0.1, -0.05) is 26.8 Å². The van der Waals surface area contributed by atoms with E-state index in [0.717, 1.165) is 11.2 Å². The first-order chi connectivity index (χ1) is 12.9. The Balaban J connectivity index is 1.95. The maximum Gasteiger partial charge on any atom is 0.496 e. The van der Waals surface area contributed by atoms with Gasteiger partial charge in [0.1, 0.15) is 5.56 Å². The molecule has 3 rings (SSSR count). The second kappa shape index (κ2) is 6.70. The van der Waals surface area contributed by atoms with Crippen LogP contribution in [-0.2, 0) is 19.5 Å². The fraction of sp³-hybridized carbons (Fsp3) is 0.550. The van der Waals surface area contributed by atoms with E-state index in [1.807, 2.05) is 60.6 Å². The summed E-state index contributed by atoms with van der Waals surface area (Å²) in [6.07, 6.45) is 3.25. The Morgan fingerprint density at radius 2 is 1.71 bits per heavy atom. The highest BCUT2D eigenvalue weighted by molar-refractivity contribution is 6.62. The summed E-state index contributed by atoms with van der Waals surface area (Å²) in [4.78, 5) is 16.7. The lowest BCUT2D eigenvalue weighted by atomic mass is 9.80. The Morgan fingerprint density at radius 1 is 1.11 bits per heavy atom. The molecule has 0 atom stereocenters. The van der Waals surface area contributed by atoms with Crippen LogP contribution < -0.4 is 5.46 Å². The Hall–Kier alpha value is -2.19. The summed E-state index contributed by atoms with van der Waals surface area (Å²) in [5.74, 6) is 0.199. The first kappa shape index (κ1) is 20.5. The largest absolute Gasteiger partial charge is 0.496 e. The van der Waals surface area contributed by atoms with Crippen molar-refractivity contribution in [1.29, 1.82) is 0 Å². The first-order valence-corrected chi connectivity index (χ1v) is 9.36. The lowest BCUT2D eigenvalue weighted by Gasteiger charge is -2.32. The van der Waals surface area contributed by atoms with Crippen LogP contribution in [0.15, 0.2) is 24.5 Å². The van der Waals surface area contributed by atoms with Gasteiger partial charge in [-0.15, -0.1) is 0 Å². The number of rotatable bonds is 3. The Labute approximate surface area is 166 Å². The molecule has 150 valence electrons. The van der Waals surface area contributed by atoms with Gasteiger partial charge in [0, 0.05) is 17.1 Å². The van der Waals surface area contributed by atoms with E-state index in [4.69, 9.17) is 14.0 Å². The van der Waals surface area contributed by atoms with Crippen LogP contribution in [-0.4, -0.2) is 46.2 Å². The lowest BCUT2D eigenvalue weighted by Crippen LogP contribution is -2.41. The molecule has 0 aromatic carbocycles. The highest BCUT2D eigenvalue weighted by atomic mass is 16.7. The second-order valence-corrected chi connectivity index (χ2v) is 9.10. The van der Waals surface area contributed by atoms with Crippen molar-refractivity contribution in [3.8, 4) is 5.82 Å². The first-order valence-electron chi connectivity index (χ1n) is 9.36. The summed E-state index contributed by atoms with van der Waals surface area (Å²) in [5.41, 5.74) is 0.869. The summed E-state index contributed by atoms with van der Waals surface area (Å²) in [5, 5.41) is 4.39. The number of pyridine rings is 1. The van der Waals surface area contributed by atoms with Gasteiger partial charge >= 0.3 is 13.1 Å². The molecule has 7 nitrogen and oxygen atoms in total. The fourth-order valence-corrected chi connectivity index (χ4v) is 3.14. The van der Waals surface area contributed by atoms with E-state index >= 15 is 0 Å². The number of aromatic nitrogens is 3. The van der Waals surface area contributed by atoms with Gasteiger partial charge in [0.15, 0.2) is 5.82 Å². The van der Waals surface area contributed by atoms with Crippen LogP contribution in [0.4, 0.5) is 0 Å². The van der Waals surface area contributed by atoms with Crippen molar-refractivity contribution in [1.82, 2.24) is 14.8 Å². The quantitative estimate of drug-likeness (QED) is 0.597. The molecule has 2 aromatic rings. The highest BCUT2D eigenvalue weighted by Crippen LogP contribution is 2.36. The predicted octanol–water partition coefficient (Wildman–Crippen LogP) is 2.65. The average Bonchev–Trinajstić information content (AvgIpc) is 3.13. The van der Waals surface area contributed by atoms with Crippen molar-refractivity contribution in [2.24, 2.45) is 0 Å². The van der Waals surface area contributed by atoms with Crippen molar-refractivity contribution in [2.75, 3.05) is 7.11 Å². The summed E-state index contributed by atoms with van der Waals surface area (Å²) in [7, 11) is 0.890. The number of ether oxygens (including phenoxy) is 1. The van der Waals surface area contributed by atoms with Crippen LogP contribution >= 0.6 is 0 Å². The molecule has 28 heavy (non-hydrogen) atoms. The normalized spacial score (nSPS) is 18.4. The zero-order valence-corrected chi connectivity index (χ0v) is 17.9. The molecule has 0 bridgehead atoms. The summed E-state index contributed by atoms with van der Waals surface area (Å²) < 4.78 is 18.7. The van der Waals surface area contributed by atoms with Crippen LogP contribution in [0.5, 0.6) is 0 Å². The number of carbonyl (C=O) groups is 1. The van der Waals surface area contributed by atoms with Crippen LogP contribution in [0.1, 0.15) is 64.5 Å². The number of methoxy groups -OCH3 is 1. The van der Waals surface area contributed by atoms with Crippen molar-refractivity contribution in [2.45, 2.75) is 65.1 Å². The van der Waals surface area contributed by atoms with E-state index in [-0.39, 0.29) is 5.41 Å². The number of esters is 1. The molecule has 0 unspecified atom stereocenters. The maximum absolute atomic E-state index is 12.1. The molecule has 1 fully saturated rings. The van der Waals surface area contributed by atoms with E-state index in [1.165, 1.54) is 13.3 Å². The Bertz CT molecular complexity index is 866. The molecule has 1 aliphatic rings. The molecule has 8 heteroatoms. The summed E-state index contributed by atoms with van der Waals surface area (Å²) in [6.45, 7) is 14.1. The molecule has 0 saturated carbocycles. The van der Waals surface area contributed by atoms with Crippen molar-refractivity contribution in [3.63, 3.8) is 0 Å². The van der Waals surface area contributed by atoms with Gasteiger partial charge in [0.05, 0.1) is 30.2 Å². The van der Waals surface area contributed by atoms with Gasteiger partial charge in [-0.25, -0.2) is 14.5 Å². The number of hydrogen-bond acceptors (Lipinski definition) is 6. The smallest absolute Gasteiger partial charge is 0.465 e. The molecular formula is C20H28BN3O4. The number of carbonyl (C=O) groups excluding carboxylic acids is 1. The van der Waals surface area contributed by atoms with Gasteiger partial charge in [-0.2, -0.15) is 5.10 Å².